The average molecular weight is 448 g/mol. The minimum Gasteiger partial charge on any atom is -0.452 e. The van der Waals surface area contributed by atoms with Crippen LogP contribution < -0.4 is 10.1 Å². The van der Waals surface area contributed by atoms with E-state index in [-0.39, 0.29) is 11.6 Å². The predicted molar refractivity (Wildman–Crippen MR) is 109 cm³/mol. The third-order valence-corrected chi connectivity index (χ3v) is 4.51. The molecule has 0 unspecified atom stereocenters. The van der Waals surface area contributed by atoms with Crippen molar-refractivity contribution in [3.05, 3.63) is 71.4 Å². The fraction of sp³-hybridized carbons (Fsp3) is 0.0952. The normalized spacial score (nSPS) is 11.0. The number of carbonyl (C=O) groups excluding carboxylic acids is 2. The van der Waals surface area contributed by atoms with Crippen molar-refractivity contribution < 1.29 is 32.2 Å². The molecule has 31 heavy (non-hydrogen) atoms. The molecule has 0 spiro atoms. The van der Waals surface area contributed by atoms with E-state index in [4.69, 9.17) is 4.74 Å². The van der Waals surface area contributed by atoms with Crippen LogP contribution in [0.2, 0.25) is 0 Å². The number of hydrogen-bond acceptors (Lipinski definition) is 6. The lowest BCUT2D eigenvalue weighted by Gasteiger charge is -2.04. The monoisotopic (exact) mass is 448 g/mol. The van der Waals surface area contributed by atoms with Gasteiger partial charge in [0.25, 0.3) is 5.91 Å². The van der Waals surface area contributed by atoms with E-state index in [0.717, 1.165) is 6.08 Å². The summed E-state index contributed by atoms with van der Waals surface area (Å²) in [5.41, 5.74) is 1.83. The van der Waals surface area contributed by atoms with Crippen molar-refractivity contribution >= 4 is 34.4 Å². The molecule has 3 aromatic rings. The van der Waals surface area contributed by atoms with Gasteiger partial charge < -0.3 is 9.47 Å². The maximum atomic E-state index is 13.0. The zero-order valence-electron chi connectivity index (χ0n) is 15.8. The first-order chi connectivity index (χ1) is 14.9. The largest absolute Gasteiger partial charge is 0.452 e. The van der Waals surface area contributed by atoms with E-state index in [0.29, 0.717) is 22.0 Å². The summed E-state index contributed by atoms with van der Waals surface area (Å²) in [5, 5.41) is 4.52. The molecule has 10 heteroatoms. The number of nitrogens with zero attached hydrogens (tertiary/aromatic N) is 1. The number of aromatic nitrogens is 1. The predicted octanol–water partition coefficient (Wildman–Crippen LogP) is 4.75. The molecule has 6 nitrogen and oxygen atoms in total. The number of benzene rings is 2. The molecular weight excluding hydrogens is 433 g/mol. The first-order valence-corrected chi connectivity index (χ1v) is 9.68. The van der Waals surface area contributed by atoms with Crippen molar-refractivity contribution in [2.24, 2.45) is 0 Å². The number of carbonyl (C=O) groups is 2. The lowest BCUT2D eigenvalue weighted by Crippen LogP contribution is -2.20. The van der Waals surface area contributed by atoms with Crippen LogP contribution in [0.3, 0.4) is 0 Å². The Hall–Kier alpha value is -3.66. The average Bonchev–Trinajstić information content (AvgIpc) is 3.20. The molecule has 0 aliphatic carbocycles. The Morgan fingerprint density at radius 2 is 1.81 bits per heavy atom. The highest BCUT2D eigenvalue weighted by Gasteiger charge is 2.10. The molecule has 3 rings (SSSR count). The molecule has 0 aliphatic rings. The molecule has 1 aromatic heterocycles. The summed E-state index contributed by atoms with van der Waals surface area (Å²) >= 11 is 1.17. The second kappa shape index (κ2) is 10.4. The Bertz CT molecular complexity index is 1070. The Morgan fingerprint density at radius 1 is 1.10 bits per heavy atom. The molecule has 2 aromatic carbocycles. The van der Waals surface area contributed by atoms with Crippen LogP contribution in [0.1, 0.15) is 5.56 Å². The van der Waals surface area contributed by atoms with E-state index in [9.17, 15) is 22.8 Å². The summed E-state index contributed by atoms with van der Waals surface area (Å²) < 4.78 is 46.3. The number of thiazole rings is 1. The van der Waals surface area contributed by atoms with E-state index in [1.54, 1.807) is 17.5 Å². The van der Waals surface area contributed by atoms with Gasteiger partial charge in [-0.15, -0.1) is 11.3 Å². The SMILES string of the molecule is O=C(COC(=O)C=Cc1ccc(OC(F)F)cc1)Nc1nc(-c2ccc(F)cc2)cs1. The summed E-state index contributed by atoms with van der Waals surface area (Å²) in [6, 6.07) is 11.4. The fourth-order valence-corrected chi connectivity index (χ4v) is 3.09. The summed E-state index contributed by atoms with van der Waals surface area (Å²) in [6.07, 6.45) is 2.51. The van der Waals surface area contributed by atoms with Crippen molar-refractivity contribution in [3.8, 4) is 17.0 Å². The van der Waals surface area contributed by atoms with E-state index < -0.39 is 25.1 Å². The standard InChI is InChI=1S/C21H15F3N2O4S/c22-15-6-4-14(5-7-15)17-12-31-21(25-17)26-18(27)11-29-19(28)10-3-13-1-8-16(9-2-13)30-20(23)24/h1-10,12,20H,11H2,(H,25,26,27). The molecule has 0 fully saturated rings. The first kappa shape index (κ1) is 22.0. The van der Waals surface area contributed by atoms with Crippen LogP contribution in [0.15, 0.2) is 60.0 Å². The van der Waals surface area contributed by atoms with Crippen molar-refractivity contribution in [1.29, 1.82) is 0 Å². The van der Waals surface area contributed by atoms with Crippen LogP contribution in [0.4, 0.5) is 18.3 Å². The number of esters is 1. The summed E-state index contributed by atoms with van der Waals surface area (Å²) in [5.74, 6) is -1.69. The molecule has 160 valence electrons. The van der Waals surface area contributed by atoms with Gasteiger partial charge in [-0.25, -0.2) is 14.2 Å². The number of alkyl halides is 2. The van der Waals surface area contributed by atoms with E-state index in [1.807, 2.05) is 0 Å². The van der Waals surface area contributed by atoms with Gasteiger partial charge in [-0.05, 0) is 48.0 Å². The number of anilines is 1. The molecule has 0 aliphatic heterocycles. The molecular formula is C21H15F3N2O4S. The molecule has 0 bridgehead atoms. The summed E-state index contributed by atoms with van der Waals surface area (Å²) in [7, 11) is 0. The third-order valence-electron chi connectivity index (χ3n) is 3.75. The highest BCUT2D eigenvalue weighted by atomic mass is 32.1. The van der Waals surface area contributed by atoms with Crippen LogP contribution >= 0.6 is 11.3 Å². The Balaban J connectivity index is 1.45. The lowest BCUT2D eigenvalue weighted by atomic mass is 10.2. The van der Waals surface area contributed by atoms with Gasteiger partial charge in [-0.3, -0.25) is 10.1 Å². The molecule has 0 atom stereocenters. The van der Waals surface area contributed by atoms with Crippen molar-refractivity contribution in [2.75, 3.05) is 11.9 Å². The minimum atomic E-state index is -2.92. The Morgan fingerprint density at radius 3 is 2.48 bits per heavy atom. The highest BCUT2D eigenvalue weighted by molar-refractivity contribution is 7.14. The lowest BCUT2D eigenvalue weighted by molar-refractivity contribution is -0.142. The molecule has 0 radical (unpaired) electrons. The summed E-state index contributed by atoms with van der Waals surface area (Å²) in [4.78, 5) is 27.9. The van der Waals surface area contributed by atoms with E-state index in [1.165, 1.54) is 53.8 Å². The number of amides is 1. The first-order valence-electron chi connectivity index (χ1n) is 8.80. The van der Waals surface area contributed by atoms with Crippen LogP contribution in [0, 0.1) is 5.82 Å². The topological polar surface area (TPSA) is 77.5 Å². The minimum absolute atomic E-state index is 0.00355. The van der Waals surface area contributed by atoms with Gasteiger partial charge in [0, 0.05) is 17.0 Å². The third kappa shape index (κ3) is 6.96. The van der Waals surface area contributed by atoms with E-state index in [2.05, 4.69) is 15.0 Å². The van der Waals surface area contributed by atoms with Gasteiger partial charge >= 0.3 is 12.6 Å². The van der Waals surface area contributed by atoms with Crippen molar-refractivity contribution in [1.82, 2.24) is 4.98 Å². The van der Waals surface area contributed by atoms with Gasteiger partial charge in [-0.2, -0.15) is 8.78 Å². The fourth-order valence-electron chi connectivity index (χ4n) is 2.35. The van der Waals surface area contributed by atoms with Gasteiger partial charge in [0.05, 0.1) is 5.69 Å². The smallest absolute Gasteiger partial charge is 0.387 e. The van der Waals surface area contributed by atoms with Crippen LogP contribution in [-0.2, 0) is 14.3 Å². The van der Waals surface area contributed by atoms with Gasteiger partial charge in [0.2, 0.25) is 0 Å². The Kier molecular flexibility index (Phi) is 7.39. The number of halogens is 3. The van der Waals surface area contributed by atoms with Crippen LogP contribution in [0.5, 0.6) is 5.75 Å². The second-order valence-electron chi connectivity index (χ2n) is 5.98. The maximum Gasteiger partial charge on any atom is 0.387 e. The van der Waals surface area contributed by atoms with Gasteiger partial charge in [-0.1, -0.05) is 12.1 Å². The van der Waals surface area contributed by atoms with Gasteiger partial charge in [0.15, 0.2) is 11.7 Å². The second-order valence-corrected chi connectivity index (χ2v) is 6.84. The highest BCUT2D eigenvalue weighted by Crippen LogP contribution is 2.25. The quantitative estimate of drug-likeness (QED) is 0.398. The Labute approximate surface area is 179 Å². The number of hydrogen-bond donors (Lipinski definition) is 1. The van der Waals surface area contributed by atoms with E-state index >= 15 is 0 Å². The van der Waals surface area contributed by atoms with Crippen LogP contribution in [-0.4, -0.2) is 30.1 Å². The maximum absolute atomic E-state index is 13.0. The molecule has 1 amide bonds. The number of ether oxygens (including phenoxy) is 2. The molecule has 0 saturated heterocycles. The molecule has 1 heterocycles. The van der Waals surface area contributed by atoms with Crippen LogP contribution in [0.25, 0.3) is 17.3 Å². The number of rotatable bonds is 8. The molecule has 0 saturated carbocycles. The zero-order valence-corrected chi connectivity index (χ0v) is 16.6. The van der Waals surface area contributed by atoms with Gasteiger partial charge in [0.1, 0.15) is 11.6 Å². The molecule has 1 N–H and O–H groups in total. The van der Waals surface area contributed by atoms with Crippen molar-refractivity contribution in [2.45, 2.75) is 6.61 Å². The number of nitrogens with one attached hydrogen (secondary N) is 1. The summed E-state index contributed by atoms with van der Waals surface area (Å²) in [6.45, 7) is -3.43. The van der Waals surface area contributed by atoms with Crippen molar-refractivity contribution in [3.63, 3.8) is 0 Å². The zero-order chi connectivity index (χ0) is 22.2.